The zero-order valence-electron chi connectivity index (χ0n) is 10.7. The van der Waals surface area contributed by atoms with E-state index < -0.39 is 0 Å². The Morgan fingerprint density at radius 2 is 1.68 bits per heavy atom. The fraction of sp³-hybridized carbons (Fsp3) is 0.133. The monoisotopic (exact) mass is 250 g/mol. The Kier molecular flexibility index (Phi) is 3.06. The van der Waals surface area contributed by atoms with E-state index in [4.69, 9.17) is 0 Å². The summed E-state index contributed by atoms with van der Waals surface area (Å²) in [5, 5.41) is 12.0. The molecule has 1 heterocycles. The van der Waals surface area contributed by atoms with Crippen LogP contribution in [0, 0.1) is 6.92 Å². The predicted octanol–water partition coefficient (Wildman–Crippen LogP) is 2.70. The van der Waals surface area contributed by atoms with Crippen molar-refractivity contribution in [3.8, 4) is 11.4 Å². The standard InChI is InChI=1S/C15H14N4/c1-12-7-5-6-10-14(12)15-16-17-18-19(15)11-13-8-3-2-4-9-13/h2-10H,11H2,1H3. The van der Waals surface area contributed by atoms with Gasteiger partial charge in [-0.3, -0.25) is 0 Å². The molecular weight excluding hydrogens is 236 g/mol. The molecule has 0 spiro atoms. The van der Waals surface area contributed by atoms with E-state index in [-0.39, 0.29) is 0 Å². The molecule has 0 bridgehead atoms. The fourth-order valence-corrected chi connectivity index (χ4v) is 2.08. The zero-order chi connectivity index (χ0) is 13.1. The highest BCUT2D eigenvalue weighted by molar-refractivity contribution is 5.59. The van der Waals surface area contributed by atoms with Crippen LogP contribution in [0.4, 0.5) is 0 Å². The second-order valence-electron chi connectivity index (χ2n) is 4.46. The van der Waals surface area contributed by atoms with Crippen molar-refractivity contribution in [2.75, 3.05) is 0 Å². The summed E-state index contributed by atoms with van der Waals surface area (Å²) in [7, 11) is 0. The molecule has 0 aliphatic carbocycles. The van der Waals surface area contributed by atoms with Crippen molar-refractivity contribution in [1.82, 2.24) is 20.2 Å². The summed E-state index contributed by atoms with van der Waals surface area (Å²) in [6.07, 6.45) is 0. The second-order valence-corrected chi connectivity index (χ2v) is 4.46. The SMILES string of the molecule is Cc1ccccc1-c1nnnn1Cc1ccccc1. The Morgan fingerprint density at radius 1 is 0.947 bits per heavy atom. The first kappa shape index (κ1) is 11.6. The summed E-state index contributed by atoms with van der Waals surface area (Å²) in [5.74, 6) is 0.807. The van der Waals surface area contributed by atoms with Crippen LogP contribution in [0.3, 0.4) is 0 Å². The molecular formula is C15H14N4. The molecule has 2 aromatic carbocycles. The predicted molar refractivity (Wildman–Crippen MR) is 73.5 cm³/mol. The van der Waals surface area contributed by atoms with Crippen molar-refractivity contribution in [3.05, 3.63) is 65.7 Å². The summed E-state index contributed by atoms with van der Waals surface area (Å²) >= 11 is 0. The number of tetrazole rings is 1. The number of nitrogens with zero attached hydrogens (tertiary/aromatic N) is 4. The van der Waals surface area contributed by atoms with E-state index in [9.17, 15) is 0 Å². The highest BCUT2D eigenvalue weighted by Crippen LogP contribution is 2.20. The topological polar surface area (TPSA) is 43.6 Å². The third kappa shape index (κ3) is 2.38. The lowest BCUT2D eigenvalue weighted by Gasteiger charge is -2.06. The Morgan fingerprint density at radius 3 is 2.47 bits per heavy atom. The maximum absolute atomic E-state index is 4.15. The van der Waals surface area contributed by atoms with E-state index in [2.05, 4.69) is 40.6 Å². The van der Waals surface area contributed by atoms with Gasteiger partial charge in [-0.2, -0.15) is 0 Å². The average molecular weight is 250 g/mol. The van der Waals surface area contributed by atoms with Crippen LogP contribution in [0.1, 0.15) is 11.1 Å². The number of hydrogen-bond acceptors (Lipinski definition) is 3. The quantitative estimate of drug-likeness (QED) is 0.717. The number of benzene rings is 2. The van der Waals surface area contributed by atoms with Gasteiger partial charge in [0.15, 0.2) is 5.82 Å². The molecule has 0 unspecified atom stereocenters. The summed E-state index contributed by atoms with van der Waals surface area (Å²) in [5.41, 5.74) is 3.43. The Bertz CT molecular complexity index is 673. The van der Waals surface area contributed by atoms with Gasteiger partial charge >= 0.3 is 0 Å². The van der Waals surface area contributed by atoms with Crippen LogP contribution in [0.25, 0.3) is 11.4 Å². The van der Waals surface area contributed by atoms with Crippen molar-refractivity contribution in [2.45, 2.75) is 13.5 Å². The highest BCUT2D eigenvalue weighted by Gasteiger charge is 2.10. The summed E-state index contributed by atoms with van der Waals surface area (Å²) < 4.78 is 1.83. The van der Waals surface area contributed by atoms with Crippen LogP contribution < -0.4 is 0 Å². The molecule has 4 heteroatoms. The zero-order valence-corrected chi connectivity index (χ0v) is 10.7. The van der Waals surface area contributed by atoms with Crippen LogP contribution in [0.5, 0.6) is 0 Å². The maximum Gasteiger partial charge on any atom is 0.182 e. The molecule has 3 aromatic rings. The molecule has 19 heavy (non-hydrogen) atoms. The number of aryl methyl sites for hydroxylation is 1. The van der Waals surface area contributed by atoms with Gasteiger partial charge in [0.2, 0.25) is 0 Å². The van der Waals surface area contributed by atoms with Crippen molar-refractivity contribution < 1.29 is 0 Å². The van der Waals surface area contributed by atoms with Crippen LogP contribution in [-0.2, 0) is 6.54 Å². The molecule has 0 saturated carbocycles. The second kappa shape index (κ2) is 5.02. The first-order valence-corrected chi connectivity index (χ1v) is 6.21. The third-order valence-electron chi connectivity index (χ3n) is 3.09. The van der Waals surface area contributed by atoms with Crippen molar-refractivity contribution in [3.63, 3.8) is 0 Å². The normalized spacial score (nSPS) is 10.6. The van der Waals surface area contributed by atoms with Gasteiger partial charge in [0.05, 0.1) is 6.54 Å². The largest absolute Gasteiger partial charge is 0.221 e. The lowest BCUT2D eigenvalue weighted by molar-refractivity contribution is 0.653. The van der Waals surface area contributed by atoms with E-state index in [1.807, 2.05) is 41.1 Å². The molecule has 0 N–H and O–H groups in total. The van der Waals surface area contributed by atoms with E-state index in [0.717, 1.165) is 11.4 Å². The summed E-state index contributed by atoms with van der Waals surface area (Å²) in [6.45, 7) is 2.74. The van der Waals surface area contributed by atoms with Crippen LogP contribution in [0.2, 0.25) is 0 Å². The van der Waals surface area contributed by atoms with Gasteiger partial charge in [-0.25, -0.2) is 4.68 Å². The minimum atomic E-state index is 0.678. The molecule has 4 nitrogen and oxygen atoms in total. The summed E-state index contributed by atoms with van der Waals surface area (Å²) in [4.78, 5) is 0. The maximum atomic E-state index is 4.15. The number of aromatic nitrogens is 4. The van der Waals surface area contributed by atoms with Gasteiger partial charge in [-0.15, -0.1) is 5.10 Å². The smallest absolute Gasteiger partial charge is 0.182 e. The first-order chi connectivity index (χ1) is 9.34. The van der Waals surface area contributed by atoms with Gasteiger partial charge in [0.1, 0.15) is 0 Å². The fourth-order valence-electron chi connectivity index (χ4n) is 2.08. The first-order valence-electron chi connectivity index (χ1n) is 6.21. The molecule has 0 fully saturated rings. The summed E-state index contributed by atoms with van der Waals surface area (Å²) in [6, 6.07) is 18.3. The Hall–Kier alpha value is -2.49. The lowest BCUT2D eigenvalue weighted by atomic mass is 10.1. The van der Waals surface area contributed by atoms with Crippen molar-refractivity contribution in [2.24, 2.45) is 0 Å². The van der Waals surface area contributed by atoms with E-state index in [1.165, 1.54) is 11.1 Å². The third-order valence-corrected chi connectivity index (χ3v) is 3.09. The molecule has 0 atom stereocenters. The molecule has 0 amide bonds. The van der Waals surface area contributed by atoms with Gasteiger partial charge < -0.3 is 0 Å². The highest BCUT2D eigenvalue weighted by atomic mass is 15.5. The van der Waals surface area contributed by atoms with E-state index >= 15 is 0 Å². The minimum Gasteiger partial charge on any atom is -0.221 e. The number of rotatable bonds is 3. The van der Waals surface area contributed by atoms with Crippen LogP contribution in [-0.4, -0.2) is 20.2 Å². The molecule has 3 rings (SSSR count). The molecule has 0 aliphatic rings. The lowest BCUT2D eigenvalue weighted by Crippen LogP contribution is -2.04. The molecule has 94 valence electrons. The van der Waals surface area contributed by atoms with Gasteiger partial charge in [-0.1, -0.05) is 54.6 Å². The van der Waals surface area contributed by atoms with Crippen LogP contribution in [0.15, 0.2) is 54.6 Å². The van der Waals surface area contributed by atoms with Crippen molar-refractivity contribution >= 4 is 0 Å². The van der Waals surface area contributed by atoms with E-state index in [1.54, 1.807) is 0 Å². The van der Waals surface area contributed by atoms with Gasteiger partial charge in [0, 0.05) is 5.56 Å². The number of hydrogen-bond donors (Lipinski definition) is 0. The molecule has 0 aliphatic heterocycles. The van der Waals surface area contributed by atoms with E-state index in [0.29, 0.717) is 6.54 Å². The molecule has 0 radical (unpaired) electrons. The molecule has 0 saturated heterocycles. The van der Waals surface area contributed by atoms with Crippen LogP contribution >= 0.6 is 0 Å². The Labute approximate surface area is 111 Å². The van der Waals surface area contributed by atoms with Gasteiger partial charge in [-0.05, 0) is 28.5 Å². The molecule has 1 aromatic heterocycles. The van der Waals surface area contributed by atoms with Gasteiger partial charge in [0.25, 0.3) is 0 Å². The Balaban J connectivity index is 1.98. The minimum absolute atomic E-state index is 0.678. The van der Waals surface area contributed by atoms with Crippen molar-refractivity contribution in [1.29, 1.82) is 0 Å². The average Bonchev–Trinajstić information content (AvgIpc) is 2.88.